The van der Waals surface area contributed by atoms with Crippen LogP contribution in [0.15, 0.2) is 42.5 Å². The Morgan fingerprint density at radius 1 is 1.24 bits per heavy atom. The smallest absolute Gasteiger partial charge is 0.257 e. The lowest BCUT2D eigenvalue weighted by atomic mass is 10.1. The van der Waals surface area contributed by atoms with Crippen LogP contribution < -0.4 is 15.8 Å². The monoisotopic (exact) mass is 288 g/mol. The number of carbonyl (C=O) groups excluding carboxylic acids is 1. The quantitative estimate of drug-likeness (QED) is 0.828. The van der Waals surface area contributed by atoms with Gasteiger partial charge >= 0.3 is 0 Å². The fourth-order valence-corrected chi connectivity index (χ4v) is 1.83. The Labute approximate surface area is 122 Å². The zero-order valence-electron chi connectivity index (χ0n) is 11.7. The standard InChI is InChI=1S/C16H17FN2O2/c1-2-10-21-14-9-4-3-8-13(14)19-16(20)11-6-5-7-12(17)15(11)18/h3-9H,2,10,18H2,1H3,(H,19,20). The number of nitrogen functional groups attached to an aromatic ring is 1. The van der Waals surface area contributed by atoms with E-state index in [9.17, 15) is 9.18 Å². The Hall–Kier alpha value is -2.56. The van der Waals surface area contributed by atoms with Gasteiger partial charge in [0.2, 0.25) is 0 Å². The number of nitrogens with one attached hydrogen (secondary N) is 1. The van der Waals surface area contributed by atoms with Gasteiger partial charge in [0.05, 0.1) is 23.5 Å². The maximum absolute atomic E-state index is 13.4. The lowest BCUT2D eigenvalue weighted by molar-refractivity contribution is 0.102. The number of para-hydroxylation sites is 3. The highest BCUT2D eigenvalue weighted by molar-refractivity contribution is 6.08. The average molecular weight is 288 g/mol. The van der Waals surface area contributed by atoms with Crippen molar-refractivity contribution in [3.8, 4) is 5.75 Å². The summed E-state index contributed by atoms with van der Waals surface area (Å²) in [6.07, 6.45) is 0.860. The first-order chi connectivity index (χ1) is 10.1. The van der Waals surface area contributed by atoms with Gasteiger partial charge in [-0.2, -0.15) is 0 Å². The number of anilines is 2. The number of amides is 1. The first kappa shape index (κ1) is 14.8. The van der Waals surface area contributed by atoms with E-state index in [1.807, 2.05) is 13.0 Å². The van der Waals surface area contributed by atoms with Crippen molar-refractivity contribution in [2.45, 2.75) is 13.3 Å². The van der Waals surface area contributed by atoms with E-state index in [0.717, 1.165) is 6.42 Å². The number of carbonyl (C=O) groups is 1. The van der Waals surface area contributed by atoms with Crippen molar-refractivity contribution < 1.29 is 13.9 Å². The van der Waals surface area contributed by atoms with Crippen molar-refractivity contribution in [3.63, 3.8) is 0 Å². The molecule has 2 rings (SSSR count). The number of hydrogen-bond donors (Lipinski definition) is 2. The predicted octanol–water partition coefficient (Wildman–Crippen LogP) is 3.45. The molecule has 0 aliphatic heterocycles. The average Bonchev–Trinajstić information content (AvgIpc) is 2.49. The summed E-state index contributed by atoms with van der Waals surface area (Å²) in [7, 11) is 0. The molecule has 3 N–H and O–H groups in total. The third-order valence-corrected chi connectivity index (χ3v) is 2.89. The van der Waals surface area contributed by atoms with Gasteiger partial charge in [0.1, 0.15) is 11.6 Å². The Morgan fingerprint density at radius 2 is 2.00 bits per heavy atom. The lowest BCUT2D eigenvalue weighted by Gasteiger charge is -2.12. The molecule has 2 aromatic rings. The van der Waals surface area contributed by atoms with Crippen molar-refractivity contribution in [1.29, 1.82) is 0 Å². The van der Waals surface area contributed by atoms with Crippen LogP contribution in [0.3, 0.4) is 0 Å². The van der Waals surface area contributed by atoms with Gasteiger partial charge in [0.25, 0.3) is 5.91 Å². The number of rotatable bonds is 5. The molecular formula is C16H17FN2O2. The van der Waals surface area contributed by atoms with Crippen LogP contribution in [0.4, 0.5) is 15.8 Å². The van der Waals surface area contributed by atoms with Gasteiger partial charge in [0.15, 0.2) is 0 Å². The van der Waals surface area contributed by atoms with E-state index < -0.39 is 11.7 Å². The van der Waals surface area contributed by atoms with E-state index in [1.165, 1.54) is 18.2 Å². The molecule has 0 heterocycles. The largest absolute Gasteiger partial charge is 0.491 e. The van der Waals surface area contributed by atoms with E-state index in [0.29, 0.717) is 18.0 Å². The summed E-state index contributed by atoms with van der Waals surface area (Å²) in [6, 6.07) is 11.2. The van der Waals surface area contributed by atoms with Gasteiger partial charge in [-0.3, -0.25) is 4.79 Å². The summed E-state index contributed by atoms with van der Waals surface area (Å²) in [5.41, 5.74) is 6.05. The molecule has 2 aromatic carbocycles. The van der Waals surface area contributed by atoms with Crippen LogP contribution in [0, 0.1) is 5.82 Å². The van der Waals surface area contributed by atoms with Crippen LogP contribution in [0.25, 0.3) is 0 Å². The molecule has 5 heteroatoms. The first-order valence-corrected chi connectivity index (χ1v) is 6.70. The molecule has 0 radical (unpaired) electrons. The summed E-state index contributed by atoms with van der Waals surface area (Å²) < 4.78 is 19.0. The molecule has 0 saturated carbocycles. The Balaban J connectivity index is 2.22. The molecule has 21 heavy (non-hydrogen) atoms. The van der Waals surface area contributed by atoms with Crippen LogP contribution in [0.5, 0.6) is 5.75 Å². The van der Waals surface area contributed by atoms with Crippen molar-refractivity contribution >= 4 is 17.3 Å². The van der Waals surface area contributed by atoms with Crippen LogP contribution in [-0.4, -0.2) is 12.5 Å². The summed E-state index contributed by atoms with van der Waals surface area (Å²) in [5, 5.41) is 2.69. The molecule has 0 bridgehead atoms. The van der Waals surface area contributed by atoms with Crippen LogP contribution in [-0.2, 0) is 0 Å². The van der Waals surface area contributed by atoms with Gasteiger partial charge in [-0.05, 0) is 30.7 Å². The highest BCUT2D eigenvalue weighted by Gasteiger charge is 2.14. The third-order valence-electron chi connectivity index (χ3n) is 2.89. The number of halogens is 1. The molecule has 0 unspecified atom stereocenters. The Bertz CT molecular complexity index is 644. The second-order valence-electron chi connectivity index (χ2n) is 4.50. The molecule has 1 amide bonds. The van der Waals surface area contributed by atoms with Crippen LogP contribution in [0.1, 0.15) is 23.7 Å². The molecular weight excluding hydrogens is 271 g/mol. The molecule has 0 saturated heterocycles. The van der Waals surface area contributed by atoms with E-state index in [2.05, 4.69) is 5.32 Å². The minimum absolute atomic E-state index is 0.0975. The maximum Gasteiger partial charge on any atom is 0.257 e. The summed E-state index contributed by atoms with van der Waals surface area (Å²) in [5.74, 6) is -0.514. The number of benzene rings is 2. The van der Waals surface area contributed by atoms with Gasteiger partial charge in [-0.15, -0.1) is 0 Å². The molecule has 0 atom stereocenters. The molecule has 110 valence electrons. The van der Waals surface area contributed by atoms with Gasteiger partial charge in [-0.1, -0.05) is 25.1 Å². The molecule has 0 fully saturated rings. The molecule has 0 aromatic heterocycles. The van der Waals surface area contributed by atoms with Crippen molar-refractivity contribution in [1.82, 2.24) is 0 Å². The Morgan fingerprint density at radius 3 is 2.76 bits per heavy atom. The van der Waals surface area contributed by atoms with Gasteiger partial charge in [-0.25, -0.2) is 4.39 Å². The van der Waals surface area contributed by atoms with Gasteiger partial charge in [0, 0.05) is 0 Å². The van der Waals surface area contributed by atoms with E-state index in [-0.39, 0.29) is 11.3 Å². The zero-order chi connectivity index (χ0) is 15.2. The SMILES string of the molecule is CCCOc1ccccc1NC(=O)c1cccc(F)c1N. The van der Waals surface area contributed by atoms with Crippen molar-refractivity contribution in [2.24, 2.45) is 0 Å². The normalized spacial score (nSPS) is 10.2. The summed E-state index contributed by atoms with van der Waals surface area (Å²) in [6.45, 7) is 2.55. The first-order valence-electron chi connectivity index (χ1n) is 6.70. The third kappa shape index (κ3) is 3.51. The second kappa shape index (κ2) is 6.74. The molecule has 0 aliphatic carbocycles. The lowest BCUT2D eigenvalue weighted by Crippen LogP contribution is -2.15. The van der Waals surface area contributed by atoms with Crippen molar-refractivity contribution in [3.05, 3.63) is 53.8 Å². The summed E-state index contributed by atoms with van der Waals surface area (Å²) in [4.78, 5) is 12.2. The second-order valence-corrected chi connectivity index (χ2v) is 4.50. The highest BCUT2D eigenvalue weighted by atomic mass is 19.1. The topological polar surface area (TPSA) is 64.3 Å². The highest BCUT2D eigenvalue weighted by Crippen LogP contribution is 2.25. The molecule has 0 spiro atoms. The number of ether oxygens (including phenoxy) is 1. The summed E-state index contributed by atoms with van der Waals surface area (Å²) >= 11 is 0. The van der Waals surface area contributed by atoms with Crippen LogP contribution >= 0.6 is 0 Å². The molecule has 0 aliphatic rings. The van der Waals surface area contributed by atoms with Crippen molar-refractivity contribution in [2.75, 3.05) is 17.7 Å². The zero-order valence-corrected chi connectivity index (χ0v) is 11.7. The fraction of sp³-hybridized carbons (Fsp3) is 0.188. The molecule has 4 nitrogen and oxygen atoms in total. The fourth-order valence-electron chi connectivity index (χ4n) is 1.83. The Kier molecular flexibility index (Phi) is 4.77. The predicted molar refractivity (Wildman–Crippen MR) is 81.0 cm³/mol. The van der Waals surface area contributed by atoms with Gasteiger partial charge < -0.3 is 15.8 Å². The number of nitrogens with two attached hydrogens (primary N) is 1. The van der Waals surface area contributed by atoms with E-state index in [1.54, 1.807) is 18.2 Å². The van der Waals surface area contributed by atoms with E-state index in [4.69, 9.17) is 10.5 Å². The number of hydrogen-bond acceptors (Lipinski definition) is 3. The maximum atomic E-state index is 13.4. The van der Waals surface area contributed by atoms with E-state index >= 15 is 0 Å². The minimum atomic E-state index is -0.613. The minimum Gasteiger partial charge on any atom is -0.491 e. The van der Waals surface area contributed by atoms with Crippen LogP contribution in [0.2, 0.25) is 0 Å².